The normalized spacial score (nSPS) is 12.0. The molecule has 16 aromatic carbocycles. The van der Waals surface area contributed by atoms with Crippen LogP contribution in [0.5, 0.6) is 0 Å². The summed E-state index contributed by atoms with van der Waals surface area (Å²) >= 11 is 0. The van der Waals surface area contributed by atoms with Crippen molar-refractivity contribution >= 4 is 109 Å². The van der Waals surface area contributed by atoms with Crippen LogP contribution >= 0.6 is 0 Å². The molecule has 0 amide bonds. The molecule has 0 atom stereocenters. The molecule has 3 aromatic heterocycles. The first-order valence-electron chi connectivity index (χ1n) is 31.4. The Morgan fingerprint density at radius 2 is 0.440 bits per heavy atom. The molecule has 422 valence electrons. The molecule has 19 aromatic rings. The van der Waals surface area contributed by atoms with Crippen LogP contribution in [0.4, 0.5) is 0 Å². The Hall–Kier alpha value is -12.0. The molecule has 0 N–H and O–H groups in total. The molecule has 3 heterocycles. The molecule has 3 heteroatoms. The standard InChI is InChI=1S/C88H54N2O/c1-5-21-55(22-6-1)59-38-44-79-74(49-59)75-50-60(56-23-7-2-8-24-56)39-45-80(75)89(79)87-70-33-17-13-29-66(70)85(67-30-14-18-34-71(67)87)63-42-48-83-78(53-63)65-43-37-64(54-84(65)91-83)86-68-31-15-19-35-72(68)88(73-36-20-16-32-69(73)86)90-81-46-40-61(57-25-9-3-10-26-57)51-76(81)77-52-62(41-47-82(77)90)58-27-11-4-12-28-58/h1-54H. The highest BCUT2D eigenvalue weighted by molar-refractivity contribution is 6.24. The zero-order valence-electron chi connectivity index (χ0n) is 49.5. The van der Waals surface area contributed by atoms with E-state index in [1.54, 1.807) is 0 Å². The largest absolute Gasteiger partial charge is 0.456 e. The molecule has 0 unspecified atom stereocenters. The van der Waals surface area contributed by atoms with Crippen LogP contribution in [0.15, 0.2) is 332 Å². The zero-order chi connectivity index (χ0) is 59.7. The SMILES string of the molecule is c1ccc(-c2ccc3c(c2)c2cc(-c4ccccc4)ccc2n3-c2c3ccccc3c(-c3ccc4c(c3)oc3ccc(-c5c6ccccc6c(-n6c7ccc(-c8ccccc8)cc7c7cc(-c8ccccc8)ccc76)c6ccccc56)cc34)c3ccccc23)cc1. The molecule has 0 spiro atoms. The van der Waals surface area contributed by atoms with Crippen LogP contribution in [0, 0.1) is 0 Å². The Kier molecular flexibility index (Phi) is 11.4. The number of hydrogen-bond donors (Lipinski definition) is 0. The van der Waals surface area contributed by atoms with Gasteiger partial charge in [-0.2, -0.15) is 0 Å². The number of hydrogen-bond acceptors (Lipinski definition) is 1. The number of fused-ring (bicyclic) bond motifs is 13. The van der Waals surface area contributed by atoms with Gasteiger partial charge in [0.25, 0.3) is 0 Å². The highest BCUT2D eigenvalue weighted by Crippen LogP contribution is 2.49. The summed E-state index contributed by atoms with van der Waals surface area (Å²) in [6.07, 6.45) is 0. The Labute approximate surface area is 524 Å². The third-order valence-electron chi connectivity index (χ3n) is 19.3. The first-order chi connectivity index (χ1) is 45.1. The third-order valence-corrected chi connectivity index (χ3v) is 19.3. The lowest BCUT2D eigenvalue weighted by Crippen LogP contribution is -1.99. The van der Waals surface area contributed by atoms with E-state index in [1.807, 2.05) is 0 Å². The second-order valence-electron chi connectivity index (χ2n) is 24.2. The molecular formula is C88H54N2O. The summed E-state index contributed by atoms with van der Waals surface area (Å²) in [5.41, 5.74) is 23.0. The minimum atomic E-state index is 0.856. The van der Waals surface area contributed by atoms with Crippen LogP contribution in [-0.4, -0.2) is 9.13 Å². The number of nitrogens with zero attached hydrogens (tertiary/aromatic N) is 2. The second kappa shape index (κ2) is 20.3. The highest BCUT2D eigenvalue weighted by Gasteiger charge is 2.25. The molecule has 0 saturated heterocycles. The quantitative estimate of drug-likeness (QED) is 0.139. The summed E-state index contributed by atoms with van der Waals surface area (Å²) in [5.74, 6) is 0. The van der Waals surface area contributed by atoms with E-state index in [4.69, 9.17) is 4.42 Å². The van der Waals surface area contributed by atoms with E-state index >= 15 is 0 Å². The smallest absolute Gasteiger partial charge is 0.136 e. The monoisotopic (exact) mass is 1150 g/mol. The van der Waals surface area contributed by atoms with Crippen LogP contribution in [0.1, 0.15) is 0 Å². The Morgan fingerprint density at radius 3 is 0.780 bits per heavy atom. The van der Waals surface area contributed by atoms with Crippen molar-refractivity contribution in [3.05, 3.63) is 328 Å². The van der Waals surface area contributed by atoms with E-state index in [0.717, 1.165) is 33.1 Å². The van der Waals surface area contributed by atoms with Gasteiger partial charge in [-0.25, -0.2) is 0 Å². The maximum absolute atomic E-state index is 6.98. The molecule has 0 aliphatic heterocycles. The molecule has 0 saturated carbocycles. The summed E-state index contributed by atoms with van der Waals surface area (Å²) < 4.78 is 12.0. The molecule has 19 rings (SSSR count). The van der Waals surface area contributed by atoms with Crippen molar-refractivity contribution in [1.82, 2.24) is 9.13 Å². The minimum absolute atomic E-state index is 0.856. The number of furan rings is 1. The van der Waals surface area contributed by atoms with Crippen molar-refractivity contribution in [2.75, 3.05) is 0 Å². The van der Waals surface area contributed by atoms with E-state index in [1.165, 1.54) is 154 Å². The number of benzene rings is 16. The first kappa shape index (κ1) is 51.0. The molecular weight excluding hydrogens is 1100 g/mol. The second-order valence-corrected chi connectivity index (χ2v) is 24.2. The van der Waals surface area contributed by atoms with Gasteiger partial charge in [0.05, 0.1) is 33.4 Å². The predicted molar refractivity (Wildman–Crippen MR) is 385 cm³/mol. The Balaban J connectivity index is 0.773. The molecule has 0 aliphatic carbocycles. The third kappa shape index (κ3) is 7.94. The van der Waals surface area contributed by atoms with Crippen LogP contribution in [0.25, 0.3) is 187 Å². The fourth-order valence-electron chi connectivity index (χ4n) is 15.2. The molecule has 91 heavy (non-hydrogen) atoms. The first-order valence-corrected chi connectivity index (χ1v) is 31.4. The molecule has 3 nitrogen and oxygen atoms in total. The number of aromatic nitrogens is 2. The maximum atomic E-state index is 6.98. The number of rotatable bonds is 8. The lowest BCUT2D eigenvalue weighted by molar-refractivity contribution is 0.669. The van der Waals surface area contributed by atoms with Gasteiger partial charge in [-0.05, 0) is 161 Å². The minimum Gasteiger partial charge on any atom is -0.456 e. The van der Waals surface area contributed by atoms with Gasteiger partial charge in [-0.1, -0.05) is 255 Å². The van der Waals surface area contributed by atoms with E-state index < -0.39 is 0 Å². The van der Waals surface area contributed by atoms with Crippen LogP contribution in [0.2, 0.25) is 0 Å². The molecule has 0 aliphatic rings. The fraction of sp³-hybridized carbons (Fsp3) is 0. The summed E-state index contributed by atoms with van der Waals surface area (Å²) in [6, 6.07) is 121. The van der Waals surface area contributed by atoms with Crippen LogP contribution < -0.4 is 0 Å². The van der Waals surface area contributed by atoms with Crippen LogP contribution in [-0.2, 0) is 0 Å². The van der Waals surface area contributed by atoms with E-state index in [0.29, 0.717) is 0 Å². The van der Waals surface area contributed by atoms with Crippen molar-refractivity contribution < 1.29 is 4.42 Å². The van der Waals surface area contributed by atoms with Crippen LogP contribution in [0.3, 0.4) is 0 Å². The Morgan fingerprint density at radius 1 is 0.165 bits per heavy atom. The topological polar surface area (TPSA) is 23.0 Å². The zero-order valence-corrected chi connectivity index (χ0v) is 49.5. The van der Waals surface area contributed by atoms with Gasteiger partial charge >= 0.3 is 0 Å². The van der Waals surface area contributed by atoms with Gasteiger partial charge in [0.1, 0.15) is 11.2 Å². The molecule has 0 radical (unpaired) electrons. The average Bonchev–Trinajstić information content (AvgIpc) is 1.76. The summed E-state index contributed by atoms with van der Waals surface area (Å²) in [7, 11) is 0. The highest BCUT2D eigenvalue weighted by atomic mass is 16.3. The van der Waals surface area contributed by atoms with Crippen molar-refractivity contribution in [2.24, 2.45) is 0 Å². The lowest BCUT2D eigenvalue weighted by Gasteiger charge is -2.20. The van der Waals surface area contributed by atoms with Gasteiger partial charge < -0.3 is 13.6 Å². The maximum Gasteiger partial charge on any atom is 0.136 e. The van der Waals surface area contributed by atoms with Crippen molar-refractivity contribution in [3.8, 4) is 78.1 Å². The van der Waals surface area contributed by atoms with E-state index in [-0.39, 0.29) is 0 Å². The van der Waals surface area contributed by atoms with Gasteiger partial charge in [-0.15, -0.1) is 0 Å². The Bertz CT molecular complexity index is 5860. The van der Waals surface area contributed by atoms with Gasteiger partial charge in [0.15, 0.2) is 0 Å². The summed E-state index contributed by atoms with van der Waals surface area (Å²) in [4.78, 5) is 0. The van der Waals surface area contributed by atoms with Gasteiger partial charge in [-0.3, -0.25) is 0 Å². The summed E-state index contributed by atoms with van der Waals surface area (Å²) in [6.45, 7) is 0. The predicted octanol–water partition coefficient (Wildman–Crippen LogP) is 24.4. The van der Waals surface area contributed by atoms with E-state index in [2.05, 4.69) is 337 Å². The van der Waals surface area contributed by atoms with Crippen molar-refractivity contribution in [1.29, 1.82) is 0 Å². The van der Waals surface area contributed by atoms with E-state index in [9.17, 15) is 0 Å². The average molecular weight is 1160 g/mol. The lowest BCUT2D eigenvalue weighted by atomic mass is 9.89. The van der Waals surface area contributed by atoms with Crippen molar-refractivity contribution in [2.45, 2.75) is 0 Å². The summed E-state index contributed by atoms with van der Waals surface area (Å²) in [5, 5.41) is 16.6. The fourth-order valence-corrected chi connectivity index (χ4v) is 15.2. The molecule has 0 bridgehead atoms. The van der Waals surface area contributed by atoms with Crippen molar-refractivity contribution in [3.63, 3.8) is 0 Å². The molecule has 0 fully saturated rings. The van der Waals surface area contributed by atoms with Gasteiger partial charge in [0, 0.05) is 53.9 Å². The van der Waals surface area contributed by atoms with Gasteiger partial charge in [0.2, 0.25) is 0 Å².